The lowest BCUT2D eigenvalue weighted by Gasteiger charge is -2.32. The fraction of sp³-hybridized carbons (Fsp3) is 0.412. The molecule has 0 spiro atoms. The second kappa shape index (κ2) is 24.2. The van der Waals surface area contributed by atoms with Crippen molar-refractivity contribution in [2.45, 2.75) is 67.2 Å². The van der Waals surface area contributed by atoms with E-state index in [1.54, 1.807) is 18.5 Å². The number of ether oxygens (including phenoxy) is 1. The topological polar surface area (TPSA) is 162 Å². The Morgan fingerprint density at radius 2 is 1.73 bits per heavy atom. The van der Waals surface area contributed by atoms with Crippen LogP contribution >= 0.6 is 23.2 Å². The lowest BCUT2D eigenvalue weighted by atomic mass is 9.72. The standard InChI is InChI=1S/C20H30O.C13H12Cl2O4.CH5NO.H3NO/c1-16(8-6-9-17(2)13-15-21)11-12-19-18(3)10-7-14-20(19,4)5;1-3-7(2)13(18)8-4-5-9(12(15)11(8)14)19-6-10(16)17;1-2-3;1-2/h6,8-9,11-13,21H,7,10,14-15H2,1-5H3;4-5H,2-3,6H2,1H3,(H,16,17);2-3H,1H3;2H,1H2/b9-6+,12-11+,16-8+,17-13+;;;. The van der Waals surface area contributed by atoms with E-state index >= 15 is 0 Å². The summed E-state index contributed by atoms with van der Waals surface area (Å²) in [6, 6.07) is 2.85. The molecular weight excluding hydrogens is 619 g/mol. The molecule has 0 atom stereocenters. The van der Waals surface area contributed by atoms with E-state index in [0.717, 1.165) is 5.57 Å². The quantitative estimate of drug-likeness (QED) is 0.0592. The lowest BCUT2D eigenvalue weighted by molar-refractivity contribution is -0.139. The summed E-state index contributed by atoms with van der Waals surface area (Å²) in [4.78, 5) is 22.4. The number of carbonyl (C=O) groups excluding carboxylic acids is 1. The molecule has 252 valence electrons. The van der Waals surface area contributed by atoms with Crippen molar-refractivity contribution in [3.05, 3.63) is 98.6 Å². The molecule has 1 aliphatic rings. The smallest absolute Gasteiger partial charge is 0.341 e. The molecule has 1 aromatic carbocycles. The zero-order valence-electron chi connectivity index (χ0n) is 27.4. The molecule has 0 heterocycles. The number of allylic oxidation sites excluding steroid dienone is 10. The minimum absolute atomic E-state index is 0.0117. The molecule has 0 aromatic heterocycles. The molecule has 0 unspecified atom stereocenters. The SMILES string of the molecule is C=C(CC)C(=O)c1ccc(OCC(=O)O)c(Cl)c1Cl.CC1=C(/C=C/C(C)=C/C=C/C(C)=C/CO)C(C)(C)CCC1.CNO.NO. The van der Waals surface area contributed by atoms with E-state index in [1.165, 1.54) is 55.2 Å². The molecule has 1 aliphatic carbocycles. The number of hydroxylamine groups is 1. The number of halogens is 2. The largest absolute Gasteiger partial charge is 0.480 e. The molecule has 0 radical (unpaired) electrons. The van der Waals surface area contributed by atoms with Gasteiger partial charge in [0.05, 0.1) is 11.6 Å². The van der Waals surface area contributed by atoms with Gasteiger partial charge in [0.15, 0.2) is 12.4 Å². The predicted octanol–water partition coefficient (Wildman–Crippen LogP) is 8.05. The Balaban J connectivity index is 0. The third-order valence-electron chi connectivity index (χ3n) is 6.58. The molecule has 0 amide bonds. The van der Waals surface area contributed by atoms with Crippen LogP contribution in [-0.2, 0) is 4.79 Å². The van der Waals surface area contributed by atoms with Crippen molar-refractivity contribution < 1.29 is 35.0 Å². The molecule has 1 aromatic rings. The second-order valence-electron chi connectivity index (χ2n) is 10.6. The van der Waals surface area contributed by atoms with E-state index in [9.17, 15) is 9.59 Å². The average Bonchev–Trinajstić information content (AvgIpc) is 2.98. The number of ketones is 1. The first-order chi connectivity index (χ1) is 21.2. The van der Waals surface area contributed by atoms with Crippen LogP contribution in [0.15, 0.2) is 83.0 Å². The number of rotatable bonds is 11. The molecule has 7 N–H and O–H groups in total. The molecule has 11 heteroatoms. The maximum absolute atomic E-state index is 11.9. The van der Waals surface area contributed by atoms with Crippen LogP contribution in [0.5, 0.6) is 5.75 Å². The van der Waals surface area contributed by atoms with Crippen molar-refractivity contribution in [3.63, 3.8) is 0 Å². The summed E-state index contributed by atoms with van der Waals surface area (Å²) >= 11 is 11.9. The van der Waals surface area contributed by atoms with Gasteiger partial charge in [0.25, 0.3) is 0 Å². The molecular formula is C34H50Cl2N2O7. The highest BCUT2D eigenvalue weighted by atomic mass is 35.5. The zero-order valence-corrected chi connectivity index (χ0v) is 28.9. The van der Waals surface area contributed by atoms with Crippen molar-refractivity contribution in [3.8, 4) is 5.75 Å². The van der Waals surface area contributed by atoms with Crippen LogP contribution in [0.3, 0.4) is 0 Å². The zero-order chi connectivity index (χ0) is 35.2. The summed E-state index contributed by atoms with van der Waals surface area (Å²) < 4.78 is 4.95. The van der Waals surface area contributed by atoms with E-state index in [1.807, 2.05) is 19.1 Å². The Bertz CT molecular complexity index is 1260. The second-order valence-corrected chi connectivity index (χ2v) is 11.4. The highest BCUT2D eigenvalue weighted by Gasteiger charge is 2.26. The average molecular weight is 670 g/mol. The summed E-state index contributed by atoms with van der Waals surface area (Å²) in [7, 11) is 1.43. The first-order valence-electron chi connectivity index (χ1n) is 14.3. The molecule has 9 nitrogen and oxygen atoms in total. The van der Waals surface area contributed by atoms with Crippen LogP contribution in [0.1, 0.15) is 77.6 Å². The number of carbonyl (C=O) groups is 2. The summed E-state index contributed by atoms with van der Waals surface area (Å²) in [5.74, 6) is 2.19. The van der Waals surface area contributed by atoms with E-state index in [4.69, 9.17) is 48.6 Å². The third-order valence-corrected chi connectivity index (χ3v) is 7.44. The number of hydrogen-bond donors (Lipinski definition) is 6. The Labute approximate surface area is 278 Å². The number of hydrogen-bond acceptors (Lipinski definition) is 8. The number of carboxylic acid groups (broad SMARTS) is 1. The Kier molecular flexibility index (Phi) is 23.8. The Hall–Kier alpha value is -3.02. The molecule has 2 rings (SSSR count). The van der Waals surface area contributed by atoms with Gasteiger partial charge >= 0.3 is 5.97 Å². The molecule has 0 fully saturated rings. The van der Waals surface area contributed by atoms with Gasteiger partial charge < -0.3 is 25.4 Å². The maximum atomic E-state index is 11.9. The number of benzene rings is 1. The van der Waals surface area contributed by atoms with Crippen molar-refractivity contribution in [2.24, 2.45) is 11.3 Å². The third kappa shape index (κ3) is 17.3. The van der Waals surface area contributed by atoms with Crippen LogP contribution in [0.2, 0.25) is 10.0 Å². The number of aliphatic hydroxyl groups excluding tert-OH is 1. The first-order valence-corrected chi connectivity index (χ1v) is 15.0. The molecule has 0 aliphatic heterocycles. The maximum Gasteiger partial charge on any atom is 0.341 e. The van der Waals surface area contributed by atoms with Crippen LogP contribution in [0.4, 0.5) is 0 Å². The van der Waals surface area contributed by atoms with Gasteiger partial charge in [-0.1, -0.05) is 104 Å². The first kappa shape index (κ1) is 44.1. The van der Waals surface area contributed by atoms with Crippen molar-refractivity contribution in [1.82, 2.24) is 5.48 Å². The van der Waals surface area contributed by atoms with Crippen molar-refractivity contribution in [1.29, 1.82) is 0 Å². The van der Waals surface area contributed by atoms with Gasteiger partial charge in [-0.3, -0.25) is 4.79 Å². The molecule has 0 saturated heterocycles. The highest BCUT2D eigenvalue weighted by Crippen LogP contribution is 2.41. The number of nitrogens with two attached hydrogens (primary N) is 1. The van der Waals surface area contributed by atoms with Gasteiger partial charge in [-0.2, -0.15) is 0 Å². The lowest BCUT2D eigenvalue weighted by Crippen LogP contribution is -2.19. The molecule has 45 heavy (non-hydrogen) atoms. The van der Waals surface area contributed by atoms with E-state index < -0.39 is 12.6 Å². The fourth-order valence-corrected chi connectivity index (χ4v) is 4.61. The van der Waals surface area contributed by atoms with Gasteiger partial charge in [-0.25, -0.2) is 16.2 Å². The summed E-state index contributed by atoms with van der Waals surface area (Å²) in [5.41, 5.74) is 8.05. The van der Waals surface area contributed by atoms with Gasteiger partial charge in [0.1, 0.15) is 10.8 Å². The number of nitrogens with one attached hydrogen (secondary N) is 1. The summed E-state index contributed by atoms with van der Waals surface area (Å²) in [5, 5.41) is 31.2. The number of aliphatic hydroxyl groups is 1. The van der Waals surface area contributed by atoms with Crippen LogP contribution in [-0.4, -0.2) is 52.6 Å². The molecule has 0 saturated carbocycles. The van der Waals surface area contributed by atoms with E-state index in [-0.39, 0.29) is 33.7 Å². The van der Waals surface area contributed by atoms with E-state index in [0.29, 0.717) is 17.4 Å². The minimum Gasteiger partial charge on any atom is -0.480 e. The van der Waals surface area contributed by atoms with Crippen molar-refractivity contribution in [2.75, 3.05) is 20.3 Å². The minimum atomic E-state index is -1.13. The van der Waals surface area contributed by atoms with Crippen LogP contribution in [0.25, 0.3) is 0 Å². The van der Waals surface area contributed by atoms with Gasteiger partial charge in [-0.15, -0.1) is 0 Å². The number of aliphatic carboxylic acids is 1. The van der Waals surface area contributed by atoms with Crippen LogP contribution < -0.4 is 16.1 Å². The van der Waals surface area contributed by atoms with E-state index in [2.05, 4.69) is 58.4 Å². The number of carboxylic acids is 1. The van der Waals surface area contributed by atoms with Crippen molar-refractivity contribution >= 4 is 35.0 Å². The fourth-order valence-electron chi connectivity index (χ4n) is 4.15. The van der Waals surface area contributed by atoms with Gasteiger partial charge in [-0.05, 0) is 75.1 Å². The Morgan fingerprint density at radius 3 is 2.24 bits per heavy atom. The summed E-state index contributed by atoms with van der Waals surface area (Å²) in [6.45, 7) is 16.1. The summed E-state index contributed by atoms with van der Waals surface area (Å²) in [6.07, 6.45) is 16.8. The normalized spacial score (nSPS) is 14.5. The molecule has 0 bridgehead atoms. The van der Waals surface area contributed by atoms with Gasteiger partial charge in [0.2, 0.25) is 0 Å². The predicted molar refractivity (Wildman–Crippen MR) is 183 cm³/mol. The van der Waals surface area contributed by atoms with Gasteiger partial charge in [0, 0.05) is 12.6 Å². The van der Waals surface area contributed by atoms with Crippen LogP contribution in [0, 0.1) is 5.41 Å². The Morgan fingerprint density at radius 1 is 1.13 bits per heavy atom. The number of Topliss-reactive ketones (excluding diaryl/α,β-unsaturated/α-hetero) is 1. The highest BCUT2D eigenvalue weighted by molar-refractivity contribution is 6.45. The monoisotopic (exact) mass is 668 g/mol.